The van der Waals surface area contributed by atoms with Crippen LogP contribution in [0.5, 0.6) is 0 Å². The fourth-order valence-corrected chi connectivity index (χ4v) is 1.06. The predicted molar refractivity (Wildman–Crippen MR) is 42.3 cm³/mol. The SMILES string of the molecule is O=C(c1ccccc1F)N1CC1. The molecule has 62 valence electrons. The minimum Gasteiger partial charge on any atom is -0.335 e. The lowest BCUT2D eigenvalue weighted by atomic mass is 10.2. The van der Waals surface area contributed by atoms with E-state index in [0.29, 0.717) is 0 Å². The number of carbonyl (C=O) groups excluding carboxylic acids is 1. The number of amides is 1. The van der Waals surface area contributed by atoms with Crippen LogP contribution in [0.2, 0.25) is 0 Å². The van der Waals surface area contributed by atoms with Crippen molar-refractivity contribution in [2.24, 2.45) is 0 Å². The zero-order chi connectivity index (χ0) is 8.55. The van der Waals surface area contributed by atoms with Crippen molar-refractivity contribution in [3.8, 4) is 0 Å². The Morgan fingerprint density at radius 3 is 2.58 bits per heavy atom. The second kappa shape index (κ2) is 2.59. The van der Waals surface area contributed by atoms with Crippen LogP contribution in [0.3, 0.4) is 0 Å². The monoisotopic (exact) mass is 165 g/mol. The summed E-state index contributed by atoms with van der Waals surface area (Å²) in [6.07, 6.45) is 0. The molecule has 1 heterocycles. The molecule has 0 atom stereocenters. The highest BCUT2D eigenvalue weighted by Gasteiger charge is 2.26. The summed E-state index contributed by atoms with van der Waals surface area (Å²) in [5.74, 6) is -0.637. The zero-order valence-electron chi connectivity index (χ0n) is 6.46. The maximum Gasteiger partial charge on any atom is 0.256 e. The summed E-state index contributed by atoms with van der Waals surface area (Å²) in [4.78, 5) is 12.9. The van der Waals surface area contributed by atoms with E-state index in [1.165, 1.54) is 12.1 Å². The Hall–Kier alpha value is -1.38. The lowest BCUT2D eigenvalue weighted by molar-refractivity contribution is 0.0881. The molecule has 1 aliphatic rings. The van der Waals surface area contributed by atoms with Crippen molar-refractivity contribution in [1.29, 1.82) is 0 Å². The van der Waals surface area contributed by atoms with E-state index in [1.807, 2.05) is 0 Å². The van der Waals surface area contributed by atoms with Gasteiger partial charge in [-0.05, 0) is 12.1 Å². The third kappa shape index (κ3) is 1.18. The molecule has 0 unspecified atom stereocenters. The third-order valence-electron chi connectivity index (χ3n) is 1.84. The van der Waals surface area contributed by atoms with E-state index in [2.05, 4.69) is 0 Å². The molecule has 0 spiro atoms. The van der Waals surface area contributed by atoms with Gasteiger partial charge in [0, 0.05) is 13.1 Å². The van der Waals surface area contributed by atoms with Gasteiger partial charge in [-0.1, -0.05) is 12.1 Å². The van der Waals surface area contributed by atoms with Crippen molar-refractivity contribution in [3.63, 3.8) is 0 Å². The first-order valence-electron chi connectivity index (χ1n) is 3.83. The molecule has 0 N–H and O–H groups in total. The largest absolute Gasteiger partial charge is 0.335 e. The summed E-state index contributed by atoms with van der Waals surface area (Å²) in [7, 11) is 0. The van der Waals surface area contributed by atoms with Gasteiger partial charge >= 0.3 is 0 Å². The van der Waals surface area contributed by atoms with Crippen LogP contribution in [-0.2, 0) is 0 Å². The van der Waals surface area contributed by atoms with Gasteiger partial charge in [0.1, 0.15) is 5.82 Å². The molecule has 2 nitrogen and oxygen atoms in total. The molecule has 0 bridgehead atoms. The molecule has 2 rings (SSSR count). The Balaban J connectivity index is 2.32. The van der Waals surface area contributed by atoms with Gasteiger partial charge in [-0.3, -0.25) is 4.79 Å². The molecule has 1 saturated heterocycles. The Bertz CT molecular complexity index is 320. The van der Waals surface area contributed by atoms with Gasteiger partial charge in [0.2, 0.25) is 0 Å². The zero-order valence-corrected chi connectivity index (χ0v) is 6.46. The van der Waals surface area contributed by atoms with Crippen molar-refractivity contribution < 1.29 is 9.18 Å². The lowest BCUT2D eigenvalue weighted by Crippen LogP contribution is -2.12. The van der Waals surface area contributed by atoms with E-state index in [4.69, 9.17) is 0 Å². The number of rotatable bonds is 1. The summed E-state index contributed by atoms with van der Waals surface area (Å²) in [6, 6.07) is 6.06. The second-order valence-electron chi connectivity index (χ2n) is 2.77. The first-order chi connectivity index (χ1) is 5.79. The van der Waals surface area contributed by atoms with Crippen LogP contribution in [0.25, 0.3) is 0 Å². The Labute approximate surface area is 69.6 Å². The smallest absolute Gasteiger partial charge is 0.256 e. The first kappa shape index (κ1) is 7.28. The van der Waals surface area contributed by atoms with Crippen LogP contribution in [0.1, 0.15) is 10.4 Å². The minimum atomic E-state index is -0.436. The fourth-order valence-electron chi connectivity index (χ4n) is 1.06. The van der Waals surface area contributed by atoms with Crippen molar-refractivity contribution in [3.05, 3.63) is 35.6 Å². The molecule has 1 fully saturated rings. The van der Waals surface area contributed by atoms with Gasteiger partial charge < -0.3 is 4.90 Å². The molecular weight excluding hydrogens is 157 g/mol. The minimum absolute atomic E-state index is 0.176. The highest BCUT2D eigenvalue weighted by Crippen LogP contribution is 2.14. The van der Waals surface area contributed by atoms with Crippen LogP contribution < -0.4 is 0 Å². The molecule has 3 heteroatoms. The molecule has 0 aromatic heterocycles. The Morgan fingerprint density at radius 2 is 2.00 bits per heavy atom. The number of hydrogen-bond acceptors (Lipinski definition) is 1. The number of nitrogens with zero attached hydrogens (tertiary/aromatic N) is 1. The molecule has 0 radical (unpaired) electrons. The summed E-state index contributed by atoms with van der Waals surface area (Å²) >= 11 is 0. The maximum atomic E-state index is 13.0. The fraction of sp³-hybridized carbons (Fsp3) is 0.222. The van der Waals surface area contributed by atoms with Crippen LogP contribution in [0.4, 0.5) is 4.39 Å². The number of benzene rings is 1. The number of hydrogen-bond donors (Lipinski definition) is 0. The maximum absolute atomic E-state index is 13.0. The van der Waals surface area contributed by atoms with Gasteiger partial charge in [-0.2, -0.15) is 0 Å². The van der Waals surface area contributed by atoms with Crippen LogP contribution in [0.15, 0.2) is 24.3 Å². The van der Waals surface area contributed by atoms with Crippen molar-refractivity contribution >= 4 is 5.91 Å². The molecule has 12 heavy (non-hydrogen) atoms. The Morgan fingerprint density at radius 1 is 1.33 bits per heavy atom. The average molecular weight is 165 g/mol. The van der Waals surface area contributed by atoms with E-state index in [9.17, 15) is 9.18 Å². The summed E-state index contributed by atoms with van der Waals surface area (Å²) in [5, 5.41) is 0. The van der Waals surface area contributed by atoms with E-state index in [0.717, 1.165) is 13.1 Å². The Kier molecular flexibility index (Phi) is 1.57. The number of carbonyl (C=O) groups is 1. The van der Waals surface area contributed by atoms with Crippen molar-refractivity contribution in [2.45, 2.75) is 0 Å². The highest BCUT2D eigenvalue weighted by molar-refractivity contribution is 5.95. The van der Waals surface area contributed by atoms with Gasteiger partial charge in [0.05, 0.1) is 5.56 Å². The van der Waals surface area contributed by atoms with E-state index in [1.54, 1.807) is 17.0 Å². The van der Waals surface area contributed by atoms with Crippen LogP contribution in [0, 0.1) is 5.82 Å². The van der Waals surface area contributed by atoms with Crippen molar-refractivity contribution in [2.75, 3.05) is 13.1 Å². The van der Waals surface area contributed by atoms with Gasteiger partial charge in [-0.15, -0.1) is 0 Å². The van der Waals surface area contributed by atoms with Gasteiger partial charge in [0.15, 0.2) is 0 Å². The predicted octanol–water partition coefficient (Wildman–Crippen LogP) is 1.28. The molecule has 0 saturated carbocycles. The second-order valence-corrected chi connectivity index (χ2v) is 2.77. The first-order valence-corrected chi connectivity index (χ1v) is 3.83. The third-order valence-corrected chi connectivity index (χ3v) is 1.84. The summed E-state index contributed by atoms with van der Waals surface area (Å²) < 4.78 is 13.0. The molecule has 0 aliphatic carbocycles. The average Bonchev–Trinajstić information content (AvgIpc) is 2.86. The molecule has 1 aromatic carbocycles. The summed E-state index contributed by atoms with van der Waals surface area (Å²) in [5.41, 5.74) is 0.176. The normalized spacial score (nSPS) is 14.6. The standard InChI is InChI=1S/C9H8FNO/c10-8-4-2-1-3-7(8)9(12)11-5-6-11/h1-4H,5-6H2. The highest BCUT2D eigenvalue weighted by atomic mass is 19.1. The lowest BCUT2D eigenvalue weighted by Gasteiger charge is -2.01. The molecule has 1 amide bonds. The molecular formula is C9H8FNO. The van der Waals surface area contributed by atoms with Crippen LogP contribution in [-0.4, -0.2) is 23.9 Å². The van der Waals surface area contributed by atoms with E-state index < -0.39 is 5.82 Å². The molecule has 1 aliphatic heterocycles. The van der Waals surface area contributed by atoms with Crippen molar-refractivity contribution in [1.82, 2.24) is 4.90 Å². The summed E-state index contributed by atoms with van der Waals surface area (Å²) in [6.45, 7) is 1.51. The van der Waals surface area contributed by atoms with E-state index >= 15 is 0 Å². The number of halogens is 1. The van der Waals surface area contributed by atoms with Gasteiger partial charge in [0.25, 0.3) is 5.91 Å². The molecule has 1 aromatic rings. The van der Waals surface area contributed by atoms with Gasteiger partial charge in [-0.25, -0.2) is 4.39 Å². The topological polar surface area (TPSA) is 20.1 Å². The van der Waals surface area contributed by atoms with E-state index in [-0.39, 0.29) is 11.5 Å². The van der Waals surface area contributed by atoms with Crippen LogP contribution >= 0.6 is 0 Å². The quantitative estimate of drug-likeness (QED) is 0.574.